The molecule has 3 aliphatic rings. The molecule has 15 nitrogen and oxygen atoms in total. The summed E-state index contributed by atoms with van der Waals surface area (Å²) in [4.78, 5) is 18.8. The van der Waals surface area contributed by atoms with Crippen LogP contribution in [-0.2, 0) is 41.3 Å². The van der Waals surface area contributed by atoms with Gasteiger partial charge in [0.2, 0.25) is 0 Å². The van der Waals surface area contributed by atoms with Crippen molar-refractivity contribution in [3.8, 4) is 0 Å². The molecule has 71 heavy (non-hydrogen) atoms. The first-order valence-corrected chi connectivity index (χ1v) is 26.1. The molecule has 4 heterocycles. The first kappa shape index (κ1) is 59.4. The Kier molecular flexibility index (Phi) is 20.4. The number of carbonyl (C=O) groups is 1. The first-order valence-electron chi connectivity index (χ1n) is 25.3. The van der Waals surface area contributed by atoms with E-state index in [1.165, 1.54) is 30.8 Å². The average molecular weight is 1030 g/mol. The van der Waals surface area contributed by atoms with Crippen LogP contribution >= 0.6 is 11.8 Å². The van der Waals surface area contributed by atoms with Crippen molar-refractivity contribution in [1.29, 1.82) is 0 Å². The molecule has 2 unspecified atom stereocenters. The van der Waals surface area contributed by atoms with E-state index in [9.17, 15) is 42.8 Å². The number of carbonyl (C=O) groups excluding carboxylic acids is 1. The number of likely N-dealkylation sites (N-methyl/N-ethyl adjacent to an activating group) is 2. The quantitative estimate of drug-likeness (QED) is 0.0884. The van der Waals surface area contributed by atoms with Gasteiger partial charge in [-0.2, -0.15) is 13.2 Å². The normalized spacial score (nSPS) is 39.2. The van der Waals surface area contributed by atoms with Crippen molar-refractivity contribution in [2.75, 3.05) is 41.0 Å². The number of alkyl halides is 4. The van der Waals surface area contributed by atoms with Crippen LogP contribution in [0.3, 0.4) is 0 Å². The SMILES string of the molecule is CC[C@H]1OC(=O)[C@H](C)[C@@H](C2C[C@@](C)(OC)[C@@H](O)[C@H](C)O2)[C@H](C)[C@@H](O[C@H]2C[C@@H](N(C)CCc3cn(C(CF)Cc4ccc(SC(F)(F)F)cc4)nn3)C[C@@H](C)O2)[C@](C)(O)C[C@@H](C)CN(C)[C@H](C)[C@@H](O)[C@]1(C)O. The van der Waals surface area contributed by atoms with Gasteiger partial charge < -0.3 is 53.9 Å². The van der Waals surface area contributed by atoms with Crippen molar-refractivity contribution in [3.05, 3.63) is 41.7 Å². The predicted octanol–water partition coefficient (Wildman–Crippen LogP) is 6.77. The number of benzene rings is 1. The molecule has 0 radical (unpaired) electrons. The molecular weight excluding hydrogens is 951 g/mol. The number of aromatic nitrogens is 3. The third kappa shape index (κ3) is 14.9. The van der Waals surface area contributed by atoms with E-state index in [2.05, 4.69) is 15.2 Å². The Labute approximate surface area is 422 Å². The monoisotopic (exact) mass is 1030 g/mol. The molecular formula is C51H83F4N5O10S. The summed E-state index contributed by atoms with van der Waals surface area (Å²) < 4.78 is 86.7. The van der Waals surface area contributed by atoms with Gasteiger partial charge in [0.05, 0.1) is 53.3 Å². The molecule has 0 amide bonds. The van der Waals surface area contributed by atoms with Gasteiger partial charge in [-0.05, 0) is 123 Å². The average Bonchev–Trinajstić information content (AvgIpc) is 3.77. The smallest absolute Gasteiger partial charge is 0.446 e. The Balaban J connectivity index is 1.40. The van der Waals surface area contributed by atoms with E-state index in [0.717, 1.165) is 0 Å². The number of thioether (sulfide) groups is 1. The molecule has 0 spiro atoms. The molecule has 20 heteroatoms. The highest BCUT2D eigenvalue weighted by molar-refractivity contribution is 8.00. The molecule has 0 saturated carbocycles. The highest BCUT2D eigenvalue weighted by atomic mass is 32.2. The molecule has 3 saturated heterocycles. The topological polar surface area (TPSA) is 181 Å². The fourth-order valence-electron chi connectivity index (χ4n) is 11.6. The van der Waals surface area contributed by atoms with E-state index >= 15 is 0 Å². The zero-order valence-corrected chi connectivity index (χ0v) is 44.8. The van der Waals surface area contributed by atoms with Gasteiger partial charge >= 0.3 is 11.5 Å². The number of ether oxygens (including phenoxy) is 5. The van der Waals surface area contributed by atoms with Crippen molar-refractivity contribution in [2.24, 2.45) is 23.7 Å². The van der Waals surface area contributed by atoms with Crippen LogP contribution in [0.25, 0.3) is 0 Å². The standard InChI is InChI=1S/C51H83F4N5O10S/c1-14-41-50(10,65)44(61)33(6)59(12)27-29(2)24-48(8,64)46(31(4)43(32(5)47(63)69-41)40-25-49(9,66-13)45(62)34(7)68-40)70-42-23-37(21-30(3)67-42)58(11)20-19-36-28-60(57-56-36)38(26-52)22-35-15-17-39(18-16-35)71-51(53,54)55/h15-18,28-34,37-38,40-46,61-62,64-65H,14,19-27H2,1-13H3/t29-,30-,31+,32-,33-,34+,37+,38?,40?,41-,42+,43+,44-,45+,46-,48-,49-,50-/m1/s1. The van der Waals surface area contributed by atoms with Gasteiger partial charge in [0.25, 0.3) is 0 Å². The fraction of sp³-hybridized carbons (Fsp3) is 0.824. The maximum absolute atomic E-state index is 14.6. The van der Waals surface area contributed by atoms with Crippen LogP contribution in [0.15, 0.2) is 35.4 Å². The Hall–Kier alpha value is -2.50. The molecule has 18 atom stereocenters. The van der Waals surface area contributed by atoms with E-state index in [0.29, 0.717) is 43.6 Å². The van der Waals surface area contributed by atoms with E-state index < -0.39 is 108 Å². The van der Waals surface area contributed by atoms with Crippen LogP contribution in [-0.4, -0.2) is 176 Å². The summed E-state index contributed by atoms with van der Waals surface area (Å²) in [6.07, 6.45) is -2.46. The summed E-state index contributed by atoms with van der Waals surface area (Å²) in [5, 5.41) is 56.3. The van der Waals surface area contributed by atoms with Crippen LogP contribution in [0.4, 0.5) is 17.6 Å². The highest BCUT2D eigenvalue weighted by Gasteiger charge is 2.54. The van der Waals surface area contributed by atoms with Gasteiger partial charge in [0.15, 0.2) is 6.29 Å². The minimum absolute atomic E-state index is 0.0336. The third-order valence-electron chi connectivity index (χ3n) is 15.8. The number of hydrogen-bond acceptors (Lipinski definition) is 15. The Bertz CT molecular complexity index is 1990. The number of halogens is 4. The van der Waals surface area contributed by atoms with E-state index in [1.54, 1.807) is 46.0 Å². The lowest BCUT2D eigenvalue weighted by Gasteiger charge is -2.51. The lowest BCUT2D eigenvalue weighted by atomic mass is 9.68. The first-order chi connectivity index (χ1) is 33.0. The van der Waals surface area contributed by atoms with E-state index in [4.69, 9.17) is 23.7 Å². The second-order valence-corrected chi connectivity index (χ2v) is 22.9. The zero-order valence-electron chi connectivity index (χ0n) is 44.0. The van der Waals surface area contributed by atoms with Crippen LogP contribution in [0.1, 0.15) is 119 Å². The highest BCUT2D eigenvalue weighted by Crippen LogP contribution is 2.45. The van der Waals surface area contributed by atoms with Crippen LogP contribution in [0.5, 0.6) is 0 Å². The number of aliphatic hydroxyl groups is 4. The van der Waals surface area contributed by atoms with E-state index in [-0.39, 0.29) is 60.4 Å². The van der Waals surface area contributed by atoms with Crippen molar-refractivity contribution in [1.82, 2.24) is 24.8 Å². The van der Waals surface area contributed by atoms with Crippen molar-refractivity contribution in [3.63, 3.8) is 0 Å². The van der Waals surface area contributed by atoms with Crippen molar-refractivity contribution >= 4 is 17.7 Å². The molecule has 0 aliphatic carbocycles. The minimum Gasteiger partial charge on any atom is -0.459 e. The molecule has 4 N–H and O–H groups in total. The van der Waals surface area contributed by atoms with Crippen molar-refractivity contribution < 1.29 is 66.5 Å². The van der Waals surface area contributed by atoms with Gasteiger partial charge in [-0.15, -0.1) is 5.10 Å². The molecule has 406 valence electrons. The third-order valence-corrected chi connectivity index (χ3v) is 16.6. The van der Waals surface area contributed by atoms with Crippen LogP contribution < -0.4 is 0 Å². The number of rotatable bonds is 14. The van der Waals surface area contributed by atoms with Gasteiger partial charge in [0.1, 0.15) is 30.6 Å². The Morgan fingerprint density at radius 1 is 1.00 bits per heavy atom. The largest absolute Gasteiger partial charge is 0.459 e. The molecule has 0 bridgehead atoms. The number of esters is 1. The van der Waals surface area contributed by atoms with Gasteiger partial charge in [-0.3, -0.25) is 4.79 Å². The summed E-state index contributed by atoms with van der Waals surface area (Å²) >= 11 is -0.200. The number of aliphatic hydroxyl groups excluding tert-OH is 2. The molecule has 3 aliphatic heterocycles. The fourth-order valence-corrected chi connectivity index (χ4v) is 12.1. The second kappa shape index (κ2) is 24.4. The Morgan fingerprint density at radius 3 is 2.27 bits per heavy atom. The molecule has 5 rings (SSSR count). The maximum atomic E-state index is 14.6. The maximum Gasteiger partial charge on any atom is 0.446 e. The van der Waals surface area contributed by atoms with Gasteiger partial charge in [-0.25, -0.2) is 9.07 Å². The van der Waals surface area contributed by atoms with Gasteiger partial charge in [0, 0.05) is 68.6 Å². The van der Waals surface area contributed by atoms with Crippen molar-refractivity contribution in [2.45, 2.75) is 209 Å². The lowest BCUT2D eigenvalue weighted by molar-refractivity contribution is -0.275. The summed E-state index contributed by atoms with van der Waals surface area (Å²) in [7, 11) is 5.38. The summed E-state index contributed by atoms with van der Waals surface area (Å²) in [6, 6.07) is 4.59. The Morgan fingerprint density at radius 2 is 1.66 bits per heavy atom. The minimum atomic E-state index is -4.40. The van der Waals surface area contributed by atoms with Crippen LogP contribution in [0.2, 0.25) is 0 Å². The summed E-state index contributed by atoms with van der Waals surface area (Å²) in [5.74, 6) is -2.96. The number of methoxy groups -OCH3 is 1. The second-order valence-electron chi connectivity index (χ2n) is 21.8. The molecule has 1 aromatic carbocycles. The zero-order chi connectivity index (χ0) is 53.0. The molecule has 1 aromatic heterocycles. The number of hydrogen-bond donors (Lipinski definition) is 4. The van der Waals surface area contributed by atoms with E-state index in [1.807, 2.05) is 53.6 Å². The summed E-state index contributed by atoms with van der Waals surface area (Å²) in [5.41, 5.74) is -7.46. The van der Waals surface area contributed by atoms with Crippen LogP contribution in [0, 0.1) is 23.7 Å². The number of cyclic esters (lactones) is 1. The number of nitrogens with zero attached hydrogens (tertiary/aromatic N) is 5. The lowest BCUT2D eigenvalue weighted by Crippen LogP contribution is -2.61. The predicted molar refractivity (Wildman–Crippen MR) is 261 cm³/mol. The summed E-state index contributed by atoms with van der Waals surface area (Å²) in [6.45, 7) is 18.3. The molecule has 2 aromatic rings. The molecule has 3 fully saturated rings. The van der Waals surface area contributed by atoms with Gasteiger partial charge in [-0.1, -0.05) is 45.0 Å².